The van der Waals surface area contributed by atoms with Crippen LogP contribution in [0, 0.1) is 12.2 Å². The average molecular weight is 574 g/mol. The van der Waals surface area contributed by atoms with Gasteiger partial charge in [-0.25, -0.2) is 0 Å². The van der Waals surface area contributed by atoms with Crippen LogP contribution >= 0.6 is 0 Å². The Morgan fingerprint density at radius 1 is 0.585 bits per heavy atom. The Balaban J connectivity index is 0.00000256. The van der Waals surface area contributed by atoms with Crippen LogP contribution in [0.1, 0.15) is 28.3 Å². The molecule has 0 spiro atoms. The maximum absolute atomic E-state index is 5.06. The van der Waals surface area contributed by atoms with Crippen LogP contribution in [0.2, 0.25) is 0 Å². The quantitative estimate of drug-likeness (QED) is 0.194. The molecule has 41 heavy (non-hydrogen) atoms. The first-order valence-electron chi connectivity index (χ1n) is 13.2. The van der Waals surface area contributed by atoms with E-state index in [0.29, 0.717) is 28.2 Å². The Hall–Kier alpha value is -4.97. The molecule has 7 heteroatoms. The number of anilines is 1. The van der Waals surface area contributed by atoms with E-state index in [4.69, 9.17) is 24.9 Å². The second-order valence-corrected chi connectivity index (χ2v) is 9.99. The van der Waals surface area contributed by atoms with Crippen LogP contribution in [0.5, 0.6) is 0 Å². The van der Waals surface area contributed by atoms with Gasteiger partial charge >= 0.3 is 0 Å². The van der Waals surface area contributed by atoms with Crippen molar-refractivity contribution in [3.63, 3.8) is 0 Å². The van der Waals surface area contributed by atoms with E-state index >= 15 is 0 Å². The zero-order chi connectivity index (χ0) is 26.2. The SMILES string of the molecule is [C-]1=C2N=c3[n-]c(c4ccccc34)=NC3=[C-]C(Nc4[n-]c(c5ccccc45)/N=C\1c1ccccc12)c1ccccc13.[Cu]. The van der Waals surface area contributed by atoms with Crippen molar-refractivity contribution in [1.29, 1.82) is 0 Å². The molecule has 2 aliphatic carbocycles. The third-order valence-corrected chi connectivity index (χ3v) is 7.68. The van der Waals surface area contributed by atoms with Crippen molar-refractivity contribution < 1.29 is 17.1 Å². The largest absolute Gasteiger partial charge is 0.449 e. The first-order valence-corrected chi connectivity index (χ1v) is 13.2. The summed E-state index contributed by atoms with van der Waals surface area (Å²) in [7, 11) is 0. The maximum atomic E-state index is 5.06. The van der Waals surface area contributed by atoms with E-state index in [2.05, 4.69) is 47.8 Å². The van der Waals surface area contributed by atoms with Crippen LogP contribution < -0.4 is 26.3 Å². The summed E-state index contributed by atoms with van der Waals surface area (Å²) in [6.07, 6.45) is 7.05. The topological polar surface area (TPSA) is 77.3 Å². The molecule has 1 atom stereocenters. The van der Waals surface area contributed by atoms with Gasteiger partial charge in [-0.15, -0.1) is 35.2 Å². The van der Waals surface area contributed by atoms with Crippen LogP contribution in [-0.2, 0) is 17.1 Å². The third-order valence-electron chi connectivity index (χ3n) is 7.68. The van der Waals surface area contributed by atoms with Gasteiger partial charge in [-0.2, -0.15) is 28.5 Å². The molecule has 6 nitrogen and oxygen atoms in total. The Morgan fingerprint density at radius 3 is 1.98 bits per heavy atom. The second-order valence-electron chi connectivity index (χ2n) is 9.99. The maximum Gasteiger partial charge on any atom is 0.0161 e. The molecule has 1 unspecified atom stereocenters. The number of allylic oxidation sites excluding steroid dienone is 1. The van der Waals surface area contributed by atoms with Gasteiger partial charge in [0.15, 0.2) is 0 Å². The number of hydrogen-bond donors (Lipinski definition) is 1. The van der Waals surface area contributed by atoms with Gasteiger partial charge in [0.05, 0.1) is 0 Å². The van der Waals surface area contributed by atoms with E-state index in [1.54, 1.807) is 0 Å². The van der Waals surface area contributed by atoms with E-state index in [-0.39, 0.29) is 23.1 Å². The van der Waals surface area contributed by atoms with Gasteiger partial charge < -0.3 is 30.3 Å². The van der Waals surface area contributed by atoms with Crippen LogP contribution in [0.4, 0.5) is 11.6 Å². The number of aromatic nitrogens is 2. The van der Waals surface area contributed by atoms with Crippen molar-refractivity contribution in [2.45, 2.75) is 6.04 Å². The molecule has 8 bridgehead atoms. The molecule has 1 aliphatic heterocycles. The monoisotopic (exact) mass is 573 g/mol. The summed E-state index contributed by atoms with van der Waals surface area (Å²) >= 11 is 0. The number of nitrogens with one attached hydrogen (secondary N) is 1. The average Bonchev–Trinajstić information content (AvgIpc) is 3.73. The summed E-state index contributed by atoms with van der Waals surface area (Å²) in [6.45, 7) is 0. The summed E-state index contributed by atoms with van der Waals surface area (Å²) in [5.74, 6) is 1.40. The minimum Gasteiger partial charge on any atom is -0.449 e. The summed E-state index contributed by atoms with van der Waals surface area (Å²) < 4.78 is 0. The van der Waals surface area contributed by atoms with Gasteiger partial charge in [0.2, 0.25) is 0 Å². The molecular formula is C34H18CuN6-4. The van der Waals surface area contributed by atoms with E-state index in [1.165, 1.54) is 0 Å². The Labute approximate surface area is 245 Å². The molecule has 199 valence electrons. The molecule has 0 saturated carbocycles. The van der Waals surface area contributed by atoms with Crippen molar-refractivity contribution in [3.05, 3.63) is 142 Å². The standard InChI is InChI=1S/C34H18N6.Cu/c1-2-10-20-19(9-1)27-17-28(20)36-32-25-15-7-8-16-26(25)34(40-32)38-30-18-29(21-11-3-4-12-22(21)30)37-33-24-14-6-5-13-23(24)31(35-27)39-33;/h1-16,27,35H;/q-4;/b37-29+;. The number of rotatable bonds is 0. The van der Waals surface area contributed by atoms with E-state index in [0.717, 1.165) is 55.3 Å². The molecule has 0 saturated heterocycles. The smallest absolute Gasteiger partial charge is 0.0161 e. The Morgan fingerprint density at radius 2 is 1.20 bits per heavy atom. The first-order chi connectivity index (χ1) is 19.8. The number of aliphatic imine (C=N–C) groups is 1. The normalized spacial score (nSPS) is 17.7. The molecular weight excluding hydrogens is 556 g/mol. The fraction of sp³-hybridized carbons (Fsp3) is 0.0294. The molecule has 3 heterocycles. The molecule has 0 fully saturated rings. The number of fused-ring (bicyclic) bond motifs is 18. The summed E-state index contributed by atoms with van der Waals surface area (Å²) in [4.78, 5) is 25.0. The van der Waals surface area contributed by atoms with Crippen LogP contribution in [0.3, 0.4) is 0 Å². The molecule has 6 aromatic rings. The number of hydrogen-bond acceptors (Lipinski definition) is 4. The van der Waals surface area contributed by atoms with Crippen molar-refractivity contribution >= 4 is 50.3 Å². The Kier molecular flexibility index (Phi) is 5.26. The Bertz CT molecular complexity index is 2270. The van der Waals surface area contributed by atoms with Gasteiger partial charge in [0.1, 0.15) is 0 Å². The van der Waals surface area contributed by atoms with E-state index < -0.39 is 0 Å². The van der Waals surface area contributed by atoms with Crippen molar-refractivity contribution in [1.82, 2.24) is 9.97 Å². The van der Waals surface area contributed by atoms with Crippen LogP contribution in [-0.4, -0.2) is 5.71 Å². The number of nitrogens with zero attached hydrogens (tertiary/aromatic N) is 5. The molecule has 9 rings (SSSR count). The van der Waals surface area contributed by atoms with E-state index in [1.807, 2.05) is 66.7 Å². The number of benzene rings is 4. The molecule has 0 amide bonds. The first kappa shape index (κ1) is 23.9. The molecule has 3 aliphatic rings. The predicted octanol–water partition coefficient (Wildman–Crippen LogP) is 5.45. The van der Waals surface area contributed by atoms with Gasteiger partial charge in [-0.05, 0) is 21.5 Å². The fourth-order valence-corrected chi connectivity index (χ4v) is 5.81. The van der Waals surface area contributed by atoms with Crippen molar-refractivity contribution in [2.24, 2.45) is 15.0 Å². The van der Waals surface area contributed by atoms with Gasteiger partial charge in [-0.1, -0.05) is 84.9 Å². The van der Waals surface area contributed by atoms with Gasteiger partial charge in [0.25, 0.3) is 0 Å². The minimum absolute atomic E-state index is 0. The van der Waals surface area contributed by atoms with Crippen molar-refractivity contribution in [2.75, 3.05) is 5.32 Å². The molecule has 2 aromatic heterocycles. The molecule has 1 radical (unpaired) electrons. The fourth-order valence-electron chi connectivity index (χ4n) is 5.81. The van der Waals surface area contributed by atoms with Crippen LogP contribution in [0.25, 0.3) is 32.9 Å². The third kappa shape index (κ3) is 3.60. The predicted molar refractivity (Wildman–Crippen MR) is 156 cm³/mol. The van der Waals surface area contributed by atoms with E-state index in [9.17, 15) is 0 Å². The zero-order valence-electron chi connectivity index (χ0n) is 21.4. The second kappa shape index (κ2) is 9.03. The van der Waals surface area contributed by atoms with Gasteiger partial charge in [0, 0.05) is 39.7 Å². The molecule has 4 aromatic carbocycles. The summed E-state index contributed by atoms with van der Waals surface area (Å²) in [6, 6.07) is 32.4. The summed E-state index contributed by atoms with van der Waals surface area (Å²) in [5, 5.41) is 7.50. The van der Waals surface area contributed by atoms with Crippen molar-refractivity contribution in [3.8, 4) is 0 Å². The zero-order valence-corrected chi connectivity index (χ0v) is 22.3. The molecule has 1 N–H and O–H groups in total. The minimum atomic E-state index is -0.225. The van der Waals surface area contributed by atoms with Crippen LogP contribution in [0.15, 0.2) is 112 Å². The summed E-state index contributed by atoms with van der Waals surface area (Å²) in [5.41, 5.74) is 7.45. The van der Waals surface area contributed by atoms with Gasteiger partial charge in [-0.3, -0.25) is 6.08 Å².